The molecule has 1 saturated heterocycles. The van der Waals surface area contributed by atoms with Gasteiger partial charge in [0.25, 0.3) is 0 Å². The highest BCUT2D eigenvalue weighted by molar-refractivity contribution is 5.77. The van der Waals surface area contributed by atoms with Crippen molar-refractivity contribution in [2.45, 2.75) is 25.8 Å². The number of carbonyl (C=O) groups is 1. The van der Waals surface area contributed by atoms with E-state index in [1.54, 1.807) is 14.2 Å². The van der Waals surface area contributed by atoms with E-state index in [1.165, 1.54) is 0 Å². The second-order valence-corrected chi connectivity index (χ2v) is 5.33. The molecule has 1 unspecified atom stereocenters. The quantitative estimate of drug-likeness (QED) is 0.892. The molecule has 1 fully saturated rings. The van der Waals surface area contributed by atoms with Crippen molar-refractivity contribution in [1.82, 2.24) is 10.2 Å². The predicted molar refractivity (Wildman–Crippen MR) is 81.9 cm³/mol. The summed E-state index contributed by atoms with van der Waals surface area (Å²) in [6.07, 6.45) is 1.25. The molecule has 1 amide bonds. The molecule has 1 aliphatic heterocycles. The summed E-state index contributed by atoms with van der Waals surface area (Å²) in [5.41, 5.74) is 1.09. The molecule has 21 heavy (non-hydrogen) atoms. The molecule has 1 aliphatic rings. The first-order valence-electron chi connectivity index (χ1n) is 7.36. The third-order valence-corrected chi connectivity index (χ3v) is 3.90. The Morgan fingerprint density at radius 3 is 2.76 bits per heavy atom. The zero-order chi connectivity index (χ0) is 15.2. The summed E-state index contributed by atoms with van der Waals surface area (Å²) in [7, 11) is 3.24. The van der Waals surface area contributed by atoms with Crippen LogP contribution in [0.15, 0.2) is 18.2 Å². The van der Waals surface area contributed by atoms with Crippen LogP contribution >= 0.6 is 0 Å². The van der Waals surface area contributed by atoms with Gasteiger partial charge in [0.15, 0.2) is 11.5 Å². The molecule has 0 aromatic heterocycles. The van der Waals surface area contributed by atoms with Crippen LogP contribution in [0.25, 0.3) is 0 Å². The number of nitrogens with zero attached hydrogens (tertiary/aromatic N) is 1. The summed E-state index contributed by atoms with van der Waals surface area (Å²) in [5, 5.41) is 3.30. The second kappa shape index (κ2) is 7.31. The molecule has 1 heterocycles. The summed E-state index contributed by atoms with van der Waals surface area (Å²) < 4.78 is 10.5. The number of amides is 1. The molecule has 0 radical (unpaired) electrons. The van der Waals surface area contributed by atoms with E-state index in [9.17, 15) is 4.79 Å². The molecule has 5 heteroatoms. The lowest BCUT2D eigenvalue weighted by molar-refractivity contribution is -0.133. The largest absolute Gasteiger partial charge is 0.493 e. The van der Waals surface area contributed by atoms with Crippen molar-refractivity contribution in [3.05, 3.63) is 23.8 Å². The van der Waals surface area contributed by atoms with E-state index >= 15 is 0 Å². The van der Waals surface area contributed by atoms with Crippen LogP contribution in [0.4, 0.5) is 0 Å². The molecule has 0 bridgehead atoms. The van der Waals surface area contributed by atoms with Crippen LogP contribution in [0.2, 0.25) is 0 Å². The molecule has 1 atom stereocenters. The zero-order valence-corrected chi connectivity index (χ0v) is 13.0. The van der Waals surface area contributed by atoms with Crippen LogP contribution in [-0.4, -0.2) is 50.7 Å². The van der Waals surface area contributed by atoms with Crippen molar-refractivity contribution >= 4 is 5.91 Å². The van der Waals surface area contributed by atoms with Crippen LogP contribution in [0.5, 0.6) is 11.5 Å². The number of benzene rings is 1. The molecule has 5 nitrogen and oxygen atoms in total. The Hall–Kier alpha value is -1.75. The van der Waals surface area contributed by atoms with Crippen LogP contribution in [0.1, 0.15) is 18.9 Å². The lowest BCUT2D eigenvalue weighted by Crippen LogP contribution is -2.52. The number of hydrogen-bond acceptors (Lipinski definition) is 4. The average Bonchev–Trinajstić information content (AvgIpc) is 2.52. The third kappa shape index (κ3) is 3.88. The van der Waals surface area contributed by atoms with Crippen molar-refractivity contribution in [2.24, 2.45) is 0 Å². The molecular weight excluding hydrogens is 268 g/mol. The Morgan fingerprint density at radius 2 is 2.10 bits per heavy atom. The van der Waals surface area contributed by atoms with E-state index < -0.39 is 0 Å². The van der Waals surface area contributed by atoms with Crippen molar-refractivity contribution in [1.29, 1.82) is 0 Å². The average molecular weight is 292 g/mol. The Labute approximate surface area is 126 Å². The Morgan fingerprint density at radius 1 is 1.33 bits per heavy atom. The van der Waals surface area contributed by atoms with E-state index in [1.807, 2.05) is 23.1 Å². The van der Waals surface area contributed by atoms with Crippen molar-refractivity contribution in [3.63, 3.8) is 0 Å². The number of rotatable bonds is 5. The van der Waals surface area contributed by atoms with Gasteiger partial charge in [-0.15, -0.1) is 0 Å². The Balaban J connectivity index is 1.94. The van der Waals surface area contributed by atoms with E-state index in [0.29, 0.717) is 17.9 Å². The van der Waals surface area contributed by atoms with Gasteiger partial charge in [-0.2, -0.15) is 0 Å². The maximum absolute atomic E-state index is 12.3. The zero-order valence-electron chi connectivity index (χ0n) is 13.0. The third-order valence-electron chi connectivity index (χ3n) is 3.90. The van der Waals surface area contributed by atoms with Crippen LogP contribution < -0.4 is 14.8 Å². The van der Waals surface area contributed by atoms with Crippen LogP contribution in [0.3, 0.4) is 0 Å². The first-order valence-corrected chi connectivity index (χ1v) is 7.36. The standard InChI is InChI=1S/C16H24N2O3/c1-12-11-17-8-9-18(12)16(19)7-5-13-4-6-14(20-2)15(10-13)21-3/h4,6,10,12,17H,5,7-9,11H2,1-3H3. The molecule has 116 valence electrons. The number of aryl methyl sites for hydroxylation is 1. The molecule has 1 aromatic rings. The van der Waals surface area contributed by atoms with E-state index in [2.05, 4.69) is 12.2 Å². The van der Waals surface area contributed by atoms with Gasteiger partial charge in [-0.25, -0.2) is 0 Å². The summed E-state index contributed by atoms with van der Waals surface area (Å²) in [6, 6.07) is 6.08. The SMILES string of the molecule is COc1ccc(CCC(=O)N2CCNCC2C)cc1OC. The van der Waals surface area contributed by atoms with Crippen molar-refractivity contribution < 1.29 is 14.3 Å². The topological polar surface area (TPSA) is 50.8 Å². The van der Waals surface area contributed by atoms with Gasteiger partial charge in [0.05, 0.1) is 14.2 Å². The Kier molecular flexibility index (Phi) is 5.44. The summed E-state index contributed by atoms with van der Waals surface area (Å²) >= 11 is 0. The predicted octanol–water partition coefficient (Wildman–Crippen LogP) is 1.46. The number of nitrogens with one attached hydrogen (secondary N) is 1. The van der Waals surface area contributed by atoms with Gasteiger partial charge in [-0.05, 0) is 31.0 Å². The molecule has 1 aromatic carbocycles. The second-order valence-electron chi connectivity index (χ2n) is 5.33. The van der Waals surface area contributed by atoms with Gasteiger partial charge in [-0.1, -0.05) is 6.07 Å². The molecule has 0 spiro atoms. The number of hydrogen-bond donors (Lipinski definition) is 1. The minimum Gasteiger partial charge on any atom is -0.493 e. The van der Waals surface area contributed by atoms with Gasteiger partial charge in [0, 0.05) is 32.1 Å². The highest BCUT2D eigenvalue weighted by Crippen LogP contribution is 2.28. The minimum absolute atomic E-state index is 0.221. The maximum Gasteiger partial charge on any atom is 0.223 e. The summed E-state index contributed by atoms with van der Waals surface area (Å²) in [4.78, 5) is 14.3. The van der Waals surface area contributed by atoms with Gasteiger partial charge in [-0.3, -0.25) is 4.79 Å². The van der Waals surface area contributed by atoms with Crippen molar-refractivity contribution in [2.75, 3.05) is 33.9 Å². The fourth-order valence-electron chi connectivity index (χ4n) is 2.64. The van der Waals surface area contributed by atoms with Gasteiger partial charge in [0.2, 0.25) is 5.91 Å². The number of piperazine rings is 1. The van der Waals surface area contributed by atoms with E-state index in [4.69, 9.17) is 9.47 Å². The fourth-order valence-corrected chi connectivity index (χ4v) is 2.64. The number of methoxy groups -OCH3 is 2. The van der Waals surface area contributed by atoms with Crippen LogP contribution in [0, 0.1) is 0 Å². The Bertz CT molecular complexity index is 490. The highest BCUT2D eigenvalue weighted by atomic mass is 16.5. The lowest BCUT2D eigenvalue weighted by atomic mass is 10.1. The smallest absolute Gasteiger partial charge is 0.223 e. The van der Waals surface area contributed by atoms with E-state index in [-0.39, 0.29) is 11.9 Å². The number of carbonyl (C=O) groups excluding carboxylic acids is 1. The lowest BCUT2D eigenvalue weighted by Gasteiger charge is -2.34. The number of ether oxygens (including phenoxy) is 2. The van der Waals surface area contributed by atoms with Gasteiger partial charge in [0.1, 0.15) is 0 Å². The molecular formula is C16H24N2O3. The minimum atomic E-state index is 0.221. The molecule has 0 aliphatic carbocycles. The molecule has 2 rings (SSSR count). The fraction of sp³-hybridized carbons (Fsp3) is 0.562. The van der Waals surface area contributed by atoms with Crippen LogP contribution in [-0.2, 0) is 11.2 Å². The van der Waals surface area contributed by atoms with Gasteiger partial charge < -0.3 is 19.7 Å². The summed E-state index contributed by atoms with van der Waals surface area (Å²) in [5.74, 6) is 1.64. The normalized spacial score (nSPS) is 18.4. The van der Waals surface area contributed by atoms with Crippen molar-refractivity contribution in [3.8, 4) is 11.5 Å². The molecule has 1 N–H and O–H groups in total. The first kappa shape index (κ1) is 15.6. The maximum atomic E-state index is 12.3. The first-order chi connectivity index (χ1) is 10.2. The highest BCUT2D eigenvalue weighted by Gasteiger charge is 2.22. The van der Waals surface area contributed by atoms with E-state index in [0.717, 1.165) is 31.6 Å². The monoisotopic (exact) mass is 292 g/mol. The molecule has 0 saturated carbocycles. The summed E-state index contributed by atoms with van der Waals surface area (Å²) in [6.45, 7) is 4.64. The van der Waals surface area contributed by atoms with Gasteiger partial charge >= 0.3 is 0 Å².